The molecule has 3 heterocycles. The van der Waals surface area contributed by atoms with E-state index in [-0.39, 0.29) is 0 Å². The fourth-order valence-electron chi connectivity index (χ4n) is 12.1. The quantitative estimate of drug-likeness (QED) is 0.163. The maximum absolute atomic E-state index is 6.61. The van der Waals surface area contributed by atoms with Gasteiger partial charge in [0.25, 0.3) is 0 Å². The second kappa shape index (κ2) is 14.1. The monoisotopic (exact) mass is 880 g/mol. The van der Waals surface area contributed by atoms with Crippen LogP contribution in [0.25, 0.3) is 121 Å². The number of aryl methyl sites for hydroxylation is 6. The molecule has 0 amide bonds. The summed E-state index contributed by atoms with van der Waals surface area (Å²) in [6, 6.07) is 73.5. The van der Waals surface area contributed by atoms with Crippen molar-refractivity contribution in [2.75, 3.05) is 0 Å². The molecular weight excluding hydrogens is 837 g/mol. The lowest BCUT2D eigenvalue weighted by Crippen LogP contribution is -2.07. The number of aromatic nitrogens is 2. The molecule has 0 saturated carbocycles. The summed E-state index contributed by atoms with van der Waals surface area (Å²) in [6.07, 6.45) is 7.11. The van der Waals surface area contributed by atoms with Crippen LogP contribution in [0.15, 0.2) is 199 Å². The van der Waals surface area contributed by atoms with Crippen molar-refractivity contribution in [3.8, 4) is 55.9 Å². The highest BCUT2D eigenvalue weighted by Gasteiger charge is 2.21. The highest BCUT2D eigenvalue weighted by Crippen LogP contribution is 2.43. The van der Waals surface area contributed by atoms with Gasteiger partial charge in [-0.25, -0.2) is 0 Å². The summed E-state index contributed by atoms with van der Waals surface area (Å²) in [6.45, 7) is 0. The van der Waals surface area contributed by atoms with Gasteiger partial charge in [-0.15, -0.1) is 0 Å². The number of hydrogen-bond acceptors (Lipinski definition) is 1. The van der Waals surface area contributed by atoms with E-state index in [2.05, 4.69) is 203 Å². The lowest BCUT2D eigenvalue weighted by Gasteiger charge is -2.19. The normalized spacial score (nSPS) is 13.7. The van der Waals surface area contributed by atoms with Crippen LogP contribution in [-0.2, 0) is 38.5 Å². The van der Waals surface area contributed by atoms with Gasteiger partial charge >= 0.3 is 0 Å². The number of benzene rings is 10. The lowest BCUT2D eigenvalue weighted by molar-refractivity contribution is 0.669. The molecule has 16 rings (SSSR count). The second-order valence-electron chi connectivity index (χ2n) is 19.9. The van der Waals surface area contributed by atoms with Gasteiger partial charge in [0, 0.05) is 43.7 Å². The van der Waals surface area contributed by atoms with Crippen LogP contribution in [-0.4, -0.2) is 9.13 Å². The van der Waals surface area contributed by atoms with Gasteiger partial charge < -0.3 is 13.6 Å². The van der Waals surface area contributed by atoms with Crippen molar-refractivity contribution in [2.45, 2.75) is 38.5 Å². The summed E-state index contributed by atoms with van der Waals surface area (Å²) in [5, 5.41) is 7.27. The highest BCUT2D eigenvalue weighted by atomic mass is 16.3. The molecule has 3 aliphatic carbocycles. The average Bonchev–Trinajstić information content (AvgIpc) is 4.01. The molecule has 0 spiro atoms. The van der Waals surface area contributed by atoms with Crippen molar-refractivity contribution in [1.82, 2.24) is 9.13 Å². The molecule has 0 unspecified atom stereocenters. The summed E-state index contributed by atoms with van der Waals surface area (Å²) in [5.41, 5.74) is 27.8. The molecule has 324 valence electrons. The Morgan fingerprint density at radius 3 is 0.986 bits per heavy atom. The van der Waals surface area contributed by atoms with Crippen LogP contribution >= 0.6 is 0 Å². The molecule has 0 N–H and O–H groups in total. The fourth-order valence-corrected chi connectivity index (χ4v) is 12.1. The van der Waals surface area contributed by atoms with Gasteiger partial charge in [-0.2, -0.15) is 0 Å². The molecule has 10 aromatic carbocycles. The predicted octanol–water partition coefficient (Wildman–Crippen LogP) is 16.7. The molecular formula is C66H44N2O. The Kier molecular flexibility index (Phi) is 7.68. The maximum Gasteiger partial charge on any atom is 0.135 e. The van der Waals surface area contributed by atoms with Crippen molar-refractivity contribution in [2.24, 2.45) is 0 Å². The van der Waals surface area contributed by atoms with Crippen molar-refractivity contribution < 1.29 is 4.42 Å². The van der Waals surface area contributed by atoms with Crippen molar-refractivity contribution in [1.29, 1.82) is 0 Å². The van der Waals surface area contributed by atoms with E-state index >= 15 is 0 Å². The number of fused-ring (bicyclic) bond motifs is 12. The van der Waals surface area contributed by atoms with Crippen molar-refractivity contribution in [3.05, 3.63) is 228 Å². The first kappa shape index (κ1) is 37.7. The molecule has 0 bridgehead atoms. The number of rotatable bonds is 6. The minimum Gasteiger partial charge on any atom is -0.456 e. The Balaban J connectivity index is 0.847. The molecule has 0 atom stereocenters. The molecule has 0 saturated heterocycles. The summed E-state index contributed by atoms with van der Waals surface area (Å²) < 4.78 is 11.5. The van der Waals surface area contributed by atoms with Crippen LogP contribution in [0.3, 0.4) is 0 Å². The van der Waals surface area contributed by atoms with E-state index in [1.54, 1.807) is 0 Å². The van der Waals surface area contributed by atoms with E-state index in [4.69, 9.17) is 4.42 Å². The van der Waals surface area contributed by atoms with Crippen molar-refractivity contribution >= 4 is 65.6 Å². The fraction of sp³-hybridized carbons (Fsp3) is 0.0909. The number of nitrogens with zero attached hydrogens (tertiary/aromatic N) is 2. The van der Waals surface area contributed by atoms with E-state index in [0.29, 0.717) is 0 Å². The summed E-state index contributed by atoms with van der Waals surface area (Å²) in [4.78, 5) is 0. The summed E-state index contributed by atoms with van der Waals surface area (Å²) >= 11 is 0. The Morgan fingerprint density at radius 2 is 0.580 bits per heavy atom. The Hall–Kier alpha value is -8.40. The third-order valence-electron chi connectivity index (χ3n) is 16.2. The number of para-hydroxylation sites is 1. The van der Waals surface area contributed by atoms with Crippen LogP contribution in [0.4, 0.5) is 0 Å². The minimum absolute atomic E-state index is 0.891. The zero-order valence-corrected chi connectivity index (χ0v) is 38.0. The summed E-state index contributed by atoms with van der Waals surface area (Å²) in [7, 11) is 0. The van der Waals surface area contributed by atoms with Crippen LogP contribution in [0, 0.1) is 0 Å². The SMILES string of the molecule is c1ccc(-n2c3ccc(-c4ccc5c(c4)CC5)cc3c3cc(-c4ccc5oc6ccc(-n7c8ccc(-c9ccc%10c(c9)CC%10)cc8c8cc(-c9ccc%10c(c9)CC%10)ccc87)cc6c5c4)ccc32)cc1. The maximum atomic E-state index is 6.61. The first-order valence-corrected chi connectivity index (χ1v) is 24.7. The third-order valence-corrected chi connectivity index (χ3v) is 16.2. The zero-order chi connectivity index (χ0) is 44.9. The topological polar surface area (TPSA) is 23.0 Å². The molecule has 0 radical (unpaired) electrons. The van der Waals surface area contributed by atoms with Gasteiger partial charge in [-0.05, 0) is 207 Å². The van der Waals surface area contributed by atoms with Crippen molar-refractivity contribution in [3.63, 3.8) is 0 Å². The van der Waals surface area contributed by atoms with E-state index < -0.39 is 0 Å². The van der Waals surface area contributed by atoms with Crippen LogP contribution in [0.1, 0.15) is 33.4 Å². The predicted molar refractivity (Wildman–Crippen MR) is 286 cm³/mol. The molecule has 0 aliphatic heterocycles. The second-order valence-corrected chi connectivity index (χ2v) is 19.9. The molecule has 3 aliphatic rings. The molecule has 3 aromatic heterocycles. The molecule has 13 aromatic rings. The van der Waals surface area contributed by atoms with E-state index in [9.17, 15) is 0 Å². The first-order valence-electron chi connectivity index (χ1n) is 24.7. The Morgan fingerprint density at radius 1 is 0.246 bits per heavy atom. The number of hydrogen-bond donors (Lipinski definition) is 0. The van der Waals surface area contributed by atoms with Crippen LogP contribution in [0.2, 0.25) is 0 Å². The highest BCUT2D eigenvalue weighted by molar-refractivity contribution is 6.14. The minimum atomic E-state index is 0.891. The van der Waals surface area contributed by atoms with E-state index in [0.717, 1.165) is 33.3 Å². The van der Waals surface area contributed by atoms with Gasteiger partial charge in [0.15, 0.2) is 0 Å². The molecule has 0 fully saturated rings. The van der Waals surface area contributed by atoms with E-state index in [1.807, 2.05) is 0 Å². The third kappa shape index (κ3) is 5.62. The summed E-state index contributed by atoms with van der Waals surface area (Å²) in [5.74, 6) is 0. The Labute approximate surface area is 399 Å². The Bertz CT molecular complexity index is 4250. The molecule has 3 heteroatoms. The standard InChI is InChI=1S/C66H44N2O/c1-2-4-53(5-3-1)67-61-24-18-48(45-15-9-39-6-12-42(39)30-45)33-55(61)56-36-51(21-25-62(56)67)52-22-28-65-59(37-52)60-38-54(23-29-66(60)69-65)68-63-26-19-49(46-16-10-40-7-13-43(40)31-46)34-57(63)58-35-50(20-27-64(58)68)47-17-11-41-8-14-44(41)32-47/h1-5,9-11,15-38H,6-8,12-14H2. The smallest absolute Gasteiger partial charge is 0.135 e. The number of furan rings is 1. The largest absolute Gasteiger partial charge is 0.456 e. The van der Waals surface area contributed by atoms with Gasteiger partial charge in [0.2, 0.25) is 0 Å². The first-order chi connectivity index (χ1) is 34.1. The van der Waals surface area contributed by atoms with Crippen LogP contribution in [0.5, 0.6) is 0 Å². The van der Waals surface area contributed by atoms with Gasteiger partial charge in [0.05, 0.1) is 22.1 Å². The van der Waals surface area contributed by atoms with Gasteiger partial charge in [0.1, 0.15) is 11.2 Å². The lowest BCUT2D eigenvalue weighted by atomic mass is 9.85. The van der Waals surface area contributed by atoms with Gasteiger partial charge in [-0.1, -0.05) is 103 Å². The van der Waals surface area contributed by atoms with Gasteiger partial charge in [-0.3, -0.25) is 0 Å². The molecule has 69 heavy (non-hydrogen) atoms. The zero-order valence-electron chi connectivity index (χ0n) is 38.0. The van der Waals surface area contributed by atoms with E-state index in [1.165, 1.54) is 160 Å². The molecule has 3 nitrogen and oxygen atoms in total. The average molecular weight is 881 g/mol. The van der Waals surface area contributed by atoms with Crippen LogP contribution < -0.4 is 0 Å².